The van der Waals surface area contributed by atoms with Crippen molar-refractivity contribution in [3.05, 3.63) is 23.3 Å². The second-order valence-electron chi connectivity index (χ2n) is 4.82. The summed E-state index contributed by atoms with van der Waals surface area (Å²) in [5.74, 6) is 0. The molecule has 0 bridgehead atoms. The van der Waals surface area contributed by atoms with Crippen LogP contribution in [0.15, 0.2) is 12.1 Å². The van der Waals surface area contributed by atoms with E-state index in [-0.39, 0.29) is 5.41 Å². The van der Waals surface area contributed by atoms with Crippen molar-refractivity contribution in [2.75, 3.05) is 17.6 Å². The highest BCUT2D eigenvalue weighted by atomic mass is 14.9. The number of anilines is 2. The van der Waals surface area contributed by atoms with Crippen LogP contribution in [0.3, 0.4) is 0 Å². The minimum absolute atomic E-state index is 0.277. The fourth-order valence-corrected chi connectivity index (χ4v) is 2.08. The van der Waals surface area contributed by atoms with Crippen LogP contribution in [0.2, 0.25) is 0 Å². The molecular formula is C12H18N2. The van der Waals surface area contributed by atoms with Crippen molar-refractivity contribution in [3.63, 3.8) is 0 Å². The lowest BCUT2D eigenvalue weighted by Gasteiger charge is -2.34. The number of benzene rings is 1. The predicted octanol–water partition coefficient (Wildman–Crippen LogP) is 2.67. The monoisotopic (exact) mass is 190 g/mol. The summed E-state index contributed by atoms with van der Waals surface area (Å²) in [6.07, 6.45) is 1.18. The van der Waals surface area contributed by atoms with E-state index in [0.717, 1.165) is 12.2 Å². The molecule has 3 N–H and O–H groups in total. The summed E-state index contributed by atoms with van der Waals surface area (Å²) in [5, 5.41) is 3.41. The Morgan fingerprint density at radius 2 is 2.07 bits per heavy atom. The molecular weight excluding hydrogens is 172 g/mol. The van der Waals surface area contributed by atoms with Crippen LogP contribution in [-0.4, -0.2) is 6.54 Å². The van der Waals surface area contributed by atoms with Crippen molar-refractivity contribution in [2.45, 2.75) is 32.6 Å². The Hall–Kier alpha value is -1.18. The minimum atomic E-state index is 0.277. The van der Waals surface area contributed by atoms with Crippen molar-refractivity contribution < 1.29 is 0 Å². The summed E-state index contributed by atoms with van der Waals surface area (Å²) in [4.78, 5) is 0. The quantitative estimate of drug-likeness (QED) is 0.617. The van der Waals surface area contributed by atoms with Crippen LogP contribution < -0.4 is 11.1 Å². The summed E-state index contributed by atoms with van der Waals surface area (Å²) in [7, 11) is 0. The third-order valence-electron chi connectivity index (χ3n) is 3.20. The predicted molar refractivity (Wildman–Crippen MR) is 61.7 cm³/mol. The van der Waals surface area contributed by atoms with Crippen LogP contribution in [0.5, 0.6) is 0 Å². The first-order valence-corrected chi connectivity index (χ1v) is 5.15. The van der Waals surface area contributed by atoms with E-state index in [1.807, 2.05) is 0 Å². The summed E-state index contributed by atoms with van der Waals surface area (Å²) in [5.41, 5.74) is 10.8. The number of nitrogens with one attached hydrogen (secondary N) is 1. The third kappa shape index (κ3) is 1.35. The van der Waals surface area contributed by atoms with E-state index in [0.29, 0.717) is 0 Å². The minimum Gasteiger partial charge on any atom is -0.398 e. The molecule has 0 saturated carbocycles. The summed E-state index contributed by atoms with van der Waals surface area (Å²) in [6, 6.07) is 4.28. The van der Waals surface area contributed by atoms with Gasteiger partial charge in [0.1, 0.15) is 0 Å². The number of aryl methyl sites for hydroxylation is 1. The highest BCUT2D eigenvalue weighted by Crippen LogP contribution is 2.38. The van der Waals surface area contributed by atoms with Crippen LogP contribution in [-0.2, 0) is 5.41 Å². The maximum atomic E-state index is 5.89. The van der Waals surface area contributed by atoms with Gasteiger partial charge in [-0.2, -0.15) is 0 Å². The van der Waals surface area contributed by atoms with Gasteiger partial charge in [0.2, 0.25) is 0 Å². The maximum Gasteiger partial charge on any atom is 0.0399 e. The molecule has 2 nitrogen and oxygen atoms in total. The van der Waals surface area contributed by atoms with E-state index in [4.69, 9.17) is 5.73 Å². The molecule has 0 unspecified atom stereocenters. The molecule has 0 atom stereocenters. The van der Waals surface area contributed by atoms with Gasteiger partial charge in [0.15, 0.2) is 0 Å². The molecule has 1 aromatic carbocycles. The molecule has 1 heterocycles. The normalized spacial score (nSPS) is 18.5. The second kappa shape index (κ2) is 2.91. The lowest BCUT2D eigenvalue weighted by Crippen LogP contribution is -2.28. The first-order valence-electron chi connectivity index (χ1n) is 5.15. The molecule has 2 rings (SSSR count). The molecule has 0 fully saturated rings. The molecule has 0 amide bonds. The van der Waals surface area contributed by atoms with E-state index in [1.165, 1.54) is 23.2 Å². The SMILES string of the molecule is Cc1cc2c(cc1N)NCCC2(C)C. The van der Waals surface area contributed by atoms with Crippen LogP contribution in [0.4, 0.5) is 11.4 Å². The van der Waals surface area contributed by atoms with E-state index in [1.54, 1.807) is 0 Å². The van der Waals surface area contributed by atoms with Gasteiger partial charge in [-0.15, -0.1) is 0 Å². The Bertz CT molecular complexity index is 367. The smallest absolute Gasteiger partial charge is 0.0399 e. The van der Waals surface area contributed by atoms with Gasteiger partial charge in [0.25, 0.3) is 0 Å². The molecule has 0 aromatic heterocycles. The number of fused-ring (bicyclic) bond motifs is 1. The van der Waals surface area contributed by atoms with Crippen LogP contribution >= 0.6 is 0 Å². The summed E-state index contributed by atoms with van der Waals surface area (Å²) in [6.45, 7) is 7.70. The highest BCUT2D eigenvalue weighted by molar-refractivity contribution is 5.66. The largest absolute Gasteiger partial charge is 0.398 e. The molecule has 0 aliphatic carbocycles. The first kappa shape index (κ1) is 9.38. The molecule has 1 aliphatic heterocycles. The highest BCUT2D eigenvalue weighted by Gasteiger charge is 2.27. The maximum absolute atomic E-state index is 5.89. The molecule has 1 aliphatic rings. The molecule has 0 spiro atoms. The van der Waals surface area contributed by atoms with Gasteiger partial charge in [-0.1, -0.05) is 19.9 Å². The van der Waals surface area contributed by atoms with Crippen LogP contribution in [0.25, 0.3) is 0 Å². The lowest BCUT2D eigenvalue weighted by molar-refractivity contribution is 0.482. The van der Waals surface area contributed by atoms with Gasteiger partial charge < -0.3 is 11.1 Å². The van der Waals surface area contributed by atoms with E-state index >= 15 is 0 Å². The van der Waals surface area contributed by atoms with Gasteiger partial charge in [-0.05, 0) is 36.0 Å². The second-order valence-corrected chi connectivity index (χ2v) is 4.82. The van der Waals surface area contributed by atoms with Crippen molar-refractivity contribution in [1.82, 2.24) is 0 Å². The van der Waals surface area contributed by atoms with E-state index < -0.39 is 0 Å². The van der Waals surface area contributed by atoms with Crippen molar-refractivity contribution >= 4 is 11.4 Å². The molecule has 1 aromatic rings. The standard InChI is InChI=1S/C12H18N2/c1-8-6-9-11(7-10(8)13)14-5-4-12(9,2)3/h6-7,14H,4-5,13H2,1-3H3. The van der Waals surface area contributed by atoms with E-state index in [2.05, 4.69) is 38.2 Å². The van der Waals surface area contributed by atoms with E-state index in [9.17, 15) is 0 Å². The third-order valence-corrected chi connectivity index (χ3v) is 3.20. The fourth-order valence-electron chi connectivity index (χ4n) is 2.08. The van der Waals surface area contributed by atoms with Crippen molar-refractivity contribution in [1.29, 1.82) is 0 Å². The molecule has 2 heteroatoms. The average molecular weight is 190 g/mol. The summed E-state index contributed by atoms with van der Waals surface area (Å²) < 4.78 is 0. The molecule has 14 heavy (non-hydrogen) atoms. The van der Waals surface area contributed by atoms with Gasteiger partial charge in [-0.25, -0.2) is 0 Å². The number of nitrogens with two attached hydrogens (primary N) is 1. The number of rotatable bonds is 0. The Morgan fingerprint density at radius 3 is 2.79 bits per heavy atom. The fraction of sp³-hybridized carbons (Fsp3) is 0.500. The van der Waals surface area contributed by atoms with Crippen LogP contribution in [0.1, 0.15) is 31.4 Å². The van der Waals surface area contributed by atoms with Crippen molar-refractivity contribution in [3.8, 4) is 0 Å². The molecule has 0 radical (unpaired) electrons. The molecule has 0 saturated heterocycles. The zero-order chi connectivity index (χ0) is 10.3. The first-order chi connectivity index (χ1) is 6.50. The Balaban J connectivity index is 2.59. The summed E-state index contributed by atoms with van der Waals surface area (Å²) >= 11 is 0. The Labute approximate surface area is 85.5 Å². The van der Waals surface area contributed by atoms with Gasteiger partial charge in [0, 0.05) is 17.9 Å². The Kier molecular flexibility index (Phi) is 1.95. The van der Waals surface area contributed by atoms with Crippen LogP contribution in [0, 0.1) is 6.92 Å². The number of hydrogen-bond acceptors (Lipinski definition) is 2. The molecule has 76 valence electrons. The lowest BCUT2D eigenvalue weighted by atomic mass is 9.77. The number of nitrogen functional groups attached to an aromatic ring is 1. The zero-order valence-electron chi connectivity index (χ0n) is 9.15. The Morgan fingerprint density at radius 1 is 1.36 bits per heavy atom. The zero-order valence-corrected chi connectivity index (χ0v) is 9.15. The van der Waals surface area contributed by atoms with Gasteiger partial charge in [-0.3, -0.25) is 0 Å². The van der Waals surface area contributed by atoms with Gasteiger partial charge >= 0.3 is 0 Å². The van der Waals surface area contributed by atoms with Gasteiger partial charge in [0.05, 0.1) is 0 Å². The number of hydrogen-bond donors (Lipinski definition) is 2. The van der Waals surface area contributed by atoms with Crippen molar-refractivity contribution in [2.24, 2.45) is 0 Å². The topological polar surface area (TPSA) is 38.0 Å². The average Bonchev–Trinajstić information content (AvgIpc) is 2.08.